The molecule has 0 aliphatic heterocycles. The second-order valence-corrected chi connectivity index (χ2v) is 10.4. The Bertz CT molecular complexity index is 527. The van der Waals surface area contributed by atoms with Gasteiger partial charge in [0.15, 0.2) is 0 Å². The van der Waals surface area contributed by atoms with Crippen LogP contribution in [0.2, 0.25) is 5.04 Å². The van der Waals surface area contributed by atoms with Crippen LogP contribution in [0.3, 0.4) is 0 Å². The lowest BCUT2D eigenvalue weighted by Crippen LogP contribution is -2.65. The van der Waals surface area contributed by atoms with E-state index in [1.54, 1.807) is 0 Å². The molecule has 2 nitrogen and oxygen atoms in total. The Morgan fingerprint density at radius 1 is 0.818 bits per heavy atom. The van der Waals surface area contributed by atoms with Crippen molar-refractivity contribution in [1.29, 1.82) is 0 Å². The van der Waals surface area contributed by atoms with Gasteiger partial charge < -0.3 is 9.90 Å². The lowest BCUT2D eigenvalue weighted by molar-refractivity contribution is 0.279. The SMILES string of the molecule is CC(C)(CCCCO)[Si](O)(c1ccccc1)c1ccccc1. The summed E-state index contributed by atoms with van der Waals surface area (Å²) in [5.41, 5.74) is 0. The molecule has 0 saturated heterocycles. The van der Waals surface area contributed by atoms with Crippen molar-refractivity contribution in [2.45, 2.75) is 38.1 Å². The first kappa shape index (κ1) is 16.9. The fraction of sp³-hybridized carbons (Fsp3) is 0.368. The summed E-state index contributed by atoms with van der Waals surface area (Å²) in [6.07, 6.45) is 2.62. The second kappa shape index (κ2) is 7.23. The zero-order valence-corrected chi connectivity index (χ0v) is 14.5. The van der Waals surface area contributed by atoms with Crippen LogP contribution in [0.4, 0.5) is 0 Å². The molecule has 0 radical (unpaired) electrons. The third-order valence-corrected chi connectivity index (χ3v) is 9.12. The quantitative estimate of drug-likeness (QED) is 0.609. The molecule has 0 atom stereocenters. The van der Waals surface area contributed by atoms with Gasteiger partial charge in [0.05, 0.1) is 0 Å². The highest BCUT2D eigenvalue weighted by atomic mass is 28.4. The molecule has 22 heavy (non-hydrogen) atoms. The highest BCUT2D eigenvalue weighted by Gasteiger charge is 2.49. The smallest absolute Gasteiger partial charge is 0.258 e. The number of benzene rings is 2. The molecule has 0 aliphatic rings. The summed E-state index contributed by atoms with van der Waals surface area (Å²) >= 11 is 0. The van der Waals surface area contributed by atoms with E-state index in [9.17, 15) is 4.80 Å². The monoisotopic (exact) mass is 314 g/mol. The summed E-state index contributed by atoms with van der Waals surface area (Å²) in [6.45, 7) is 4.54. The minimum absolute atomic E-state index is 0.203. The molecule has 0 saturated carbocycles. The Balaban J connectivity index is 2.46. The van der Waals surface area contributed by atoms with E-state index in [0.717, 1.165) is 29.6 Å². The van der Waals surface area contributed by atoms with Gasteiger partial charge in [0, 0.05) is 6.61 Å². The van der Waals surface area contributed by atoms with Crippen LogP contribution in [0, 0.1) is 0 Å². The molecule has 2 aromatic rings. The van der Waals surface area contributed by atoms with Crippen LogP contribution >= 0.6 is 0 Å². The fourth-order valence-corrected chi connectivity index (χ4v) is 6.95. The maximum absolute atomic E-state index is 11.9. The summed E-state index contributed by atoms with van der Waals surface area (Å²) < 4.78 is 0. The average molecular weight is 315 g/mol. The highest BCUT2D eigenvalue weighted by Crippen LogP contribution is 2.40. The molecule has 2 aromatic carbocycles. The van der Waals surface area contributed by atoms with Crippen LogP contribution < -0.4 is 10.4 Å². The molecule has 0 heterocycles. The van der Waals surface area contributed by atoms with Gasteiger partial charge in [0.2, 0.25) is 0 Å². The molecule has 0 aromatic heterocycles. The van der Waals surface area contributed by atoms with Gasteiger partial charge in [-0.05, 0) is 28.3 Å². The standard InChI is InChI=1S/C19H26O2Si/c1-19(2,15-9-10-16-20)22(21,17-11-5-3-6-12-17)18-13-7-4-8-14-18/h3-8,11-14,20-21H,9-10,15-16H2,1-2H3. The first-order valence-corrected chi connectivity index (χ1v) is 9.91. The third-order valence-electron chi connectivity index (χ3n) is 4.57. The normalized spacial score (nSPS) is 12.4. The summed E-state index contributed by atoms with van der Waals surface area (Å²) in [4.78, 5) is 11.9. The first-order chi connectivity index (χ1) is 10.5. The van der Waals surface area contributed by atoms with Gasteiger partial charge in [-0.1, -0.05) is 80.9 Å². The van der Waals surface area contributed by atoms with Crippen molar-refractivity contribution >= 4 is 18.7 Å². The molecular weight excluding hydrogens is 288 g/mol. The van der Waals surface area contributed by atoms with Gasteiger partial charge in [0.1, 0.15) is 0 Å². The van der Waals surface area contributed by atoms with Crippen molar-refractivity contribution in [2.24, 2.45) is 0 Å². The van der Waals surface area contributed by atoms with Crippen LogP contribution in [0.1, 0.15) is 33.1 Å². The Kier molecular flexibility index (Phi) is 5.56. The number of aliphatic hydroxyl groups excluding tert-OH is 1. The number of hydrogen-bond acceptors (Lipinski definition) is 2. The molecule has 0 bridgehead atoms. The first-order valence-electron chi connectivity index (χ1n) is 7.96. The van der Waals surface area contributed by atoms with Gasteiger partial charge in [0.25, 0.3) is 8.32 Å². The van der Waals surface area contributed by atoms with Crippen molar-refractivity contribution in [3.05, 3.63) is 60.7 Å². The third kappa shape index (κ3) is 3.32. The van der Waals surface area contributed by atoms with Crippen LogP contribution in [0.5, 0.6) is 0 Å². The van der Waals surface area contributed by atoms with Crippen LogP contribution in [0.15, 0.2) is 60.7 Å². The topological polar surface area (TPSA) is 40.5 Å². The van der Waals surface area contributed by atoms with E-state index in [1.165, 1.54) is 0 Å². The fourth-order valence-electron chi connectivity index (χ4n) is 3.17. The largest absolute Gasteiger partial charge is 0.424 e. The lowest BCUT2D eigenvalue weighted by Gasteiger charge is -2.41. The van der Waals surface area contributed by atoms with E-state index < -0.39 is 8.32 Å². The second-order valence-electron chi connectivity index (χ2n) is 6.51. The molecule has 0 spiro atoms. The van der Waals surface area contributed by atoms with Gasteiger partial charge in [-0.15, -0.1) is 0 Å². The Hall–Kier alpha value is -1.42. The lowest BCUT2D eigenvalue weighted by atomic mass is 10.1. The van der Waals surface area contributed by atoms with E-state index in [2.05, 4.69) is 13.8 Å². The molecule has 3 heteroatoms. The van der Waals surface area contributed by atoms with Crippen molar-refractivity contribution < 1.29 is 9.90 Å². The average Bonchev–Trinajstić information content (AvgIpc) is 2.55. The molecule has 0 amide bonds. The predicted octanol–water partition coefficient (Wildman–Crippen LogP) is 2.68. The van der Waals surface area contributed by atoms with Crippen LogP contribution in [-0.2, 0) is 0 Å². The zero-order valence-electron chi connectivity index (χ0n) is 13.5. The maximum Gasteiger partial charge on any atom is 0.258 e. The minimum Gasteiger partial charge on any atom is -0.424 e. The number of hydrogen-bond donors (Lipinski definition) is 2. The molecule has 0 unspecified atom stereocenters. The van der Waals surface area contributed by atoms with E-state index in [-0.39, 0.29) is 11.6 Å². The summed E-state index contributed by atoms with van der Waals surface area (Å²) in [5, 5.41) is 10.9. The van der Waals surface area contributed by atoms with Crippen molar-refractivity contribution in [3.63, 3.8) is 0 Å². The summed E-state index contributed by atoms with van der Waals surface area (Å²) in [6, 6.07) is 20.2. The van der Waals surface area contributed by atoms with E-state index in [1.807, 2.05) is 60.7 Å². The Morgan fingerprint density at radius 2 is 1.27 bits per heavy atom. The van der Waals surface area contributed by atoms with Gasteiger partial charge in [-0.25, -0.2) is 0 Å². The van der Waals surface area contributed by atoms with E-state index >= 15 is 0 Å². The number of rotatable bonds is 7. The van der Waals surface area contributed by atoms with E-state index in [4.69, 9.17) is 5.11 Å². The summed E-state index contributed by atoms with van der Waals surface area (Å²) in [5.74, 6) is 0. The van der Waals surface area contributed by atoms with E-state index in [0.29, 0.717) is 0 Å². The zero-order chi connectivity index (χ0) is 16.1. The molecule has 118 valence electrons. The molecule has 2 rings (SSSR count). The van der Waals surface area contributed by atoms with Gasteiger partial charge in [-0.3, -0.25) is 0 Å². The molecule has 2 N–H and O–H groups in total. The number of aliphatic hydroxyl groups is 1. The summed E-state index contributed by atoms with van der Waals surface area (Å²) in [7, 11) is -2.86. The minimum atomic E-state index is -2.86. The molecule has 0 fully saturated rings. The van der Waals surface area contributed by atoms with Crippen molar-refractivity contribution in [3.8, 4) is 0 Å². The Morgan fingerprint density at radius 3 is 1.68 bits per heavy atom. The molecular formula is C19H26O2Si. The maximum atomic E-state index is 11.9. The van der Waals surface area contributed by atoms with Crippen LogP contribution in [0.25, 0.3) is 0 Å². The highest BCUT2D eigenvalue weighted by molar-refractivity contribution is 6.98. The van der Waals surface area contributed by atoms with Gasteiger partial charge in [-0.2, -0.15) is 0 Å². The van der Waals surface area contributed by atoms with Crippen molar-refractivity contribution in [1.82, 2.24) is 0 Å². The van der Waals surface area contributed by atoms with Crippen molar-refractivity contribution in [2.75, 3.05) is 6.61 Å². The predicted molar refractivity (Wildman–Crippen MR) is 95.1 cm³/mol. The number of unbranched alkanes of at least 4 members (excludes halogenated alkanes) is 1. The Labute approximate surface area is 134 Å². The van der Waals surface area contributed by atoms with Crippen LogP contribution in [-0.4, -0.2) is 24.8 Å². The molecule has 0 aliphatic carbocycles. The van der Waals surface area contributed by atoms with Gasteiger partial charge >= 0.3 is 0 Å².